The van der Waals surface area contributed by atoms with Crippen molar-refractivity contribution in [2.45, 2.75) is 19.0 Å². The van der Waals surface area contributed by atoms with Gasteiger partial charge in [0.25, 0.3) is 5.56 Å². The predicted molar refractivity (Wildman–Crippen MR) is 101 cm³/mol. The van der Waals surface area contributed by atoms with Gasteiger partial charge in [-0.25, -0.2) is 14.4 Å². The van der Waals surface area contributed by atoms with E-state index in [4.69, 9.17) is 0 Å². The summed E-state index contributed by atoms with van der Waals surface area (Å²) in [7, 11) is 0. The van der Waals surface area contributed by atoms with Crippen molar-refractivity contribution in [3.63, 3.8) is 0 Å². The van der Waals surface area contributed by atoms with Gasteiger partial charge in [-0.1, -0.05) is 11.8 Å². The van der Waals surface area contributed by atoms with Gasteiger partial charge in [0, 0.05) is 22.2 Å². The molecule has 0 saturated heterocycles. The monoisotopic (exact) mass is 390 g/mol. The molecule has 1 aromatic carbocycles. The van der Waals surface area contributed by atoms with Gasteiger partial charge in [-0.2, -0.15) is 0 Å². The van der Waals surface area contributed by atoms with Crippen LogP contribution in [0.3, 0.4) is 0 Å². The van der Waals surface area contributed by atoms with E-state index < -0.39 is 0 Å². The number of aromatic nitrogens is 3. The van der Waals surface area contributed by atoms with E-state index in [9.17, 15) is 14.0 Å². The first-order valence-electron chi connectivity index (χ1n) is 7.64. The van der Waals surface area contributed by atoms with Crippen LogP contribution in [0, 0.1) is 19.7 Å². The predicted octanol–water partition coefficient (Wildman–Crippen LogP) is 3.38. The number of nitrogens with zero attached hydrogens (tertiary/aromatic N) is 2. The molecule has 0 spiro atoms. The Morgan fingerprint density at radius 2 is 2.00 bits per heavy atom. The Kier molecular flexibility index (Phi) is 5.48. The zero-order valence-corrected chi connectivity index (χ0v) is 15.6. The summed E-state index contributed by atoms with van der Waals surface area (Å²) in [5.41, 5.74) is 2.44. The summed E-state index contributed by atoms with van der Waals surface area (Å²) in [6.07, 6.45) is 0. The third-order valence-electron chi connectivity index (χ3n) is 3.60. The summed E-state index contributed by atoms with van der Waals surface area (Å²) in [5.74, 6) is -0.472. The molecule has 0 aliphatic heterocycles. The average Bonchev–Trinajstić information content (AvgIpc) is 3.06. The number of H-pyrrole nitrogens is 1. The van der Waals surface area contributed by atoms with Gasteiger partial charge in [0.05, 0.1) is 11.4 Å². The Labute approximate surface area is 156 Å². The van der Waals surface area contributed by atoms with E-state index in [0.29, 0.717) is 27.2 Å². The van der Waals surface area contributed by atoms with Gasteiger partial charge in [0.1, 0.15) is 5.82 Å². The lowest BCUT2D eigenvalue weighted by atomic mass is 10.2. The highest BCUT2D eigenvalue weighted by molar-refractivity contribution is 7.99. The lowest BCUT2D eigenvalue weighted by Gasteiger charge is -2.04. The first kappa shape index (κ1) is 18.3. The molecule has 0 fully saturated rings. The van der Waals surface area contributed by atoms with Crippen LogP contribution in [0.15, 0.2) is 39.6 Å². The number of thiazole rings is 1. The molecule has 2 aromatic heterocycles. The van der Waals surface area contributed by atoms with Crippen LogP contribution in [-0.4, -0.2) is 26.6 Å². The number of halogens is 1. The third-order valence-corrected chi connectivity index (χ3v) is 5.23. The summed E-state index contributed by atoms with van der Waals surface area (Å²) in [4.78, 5) is 35.0. The molecule has 9 heteroatoms. The van der Waals surface area contributed by atoms with Crippen molar-refractivity contribution in [2.24, 2.45) is 0 Å². The molecule has 0 aliphatic carbocycles. The van der Waals surface area contributed by atoms with Gasteiger partial charge in [0.15, 0.2) is 10.3 Å². The quantitative estimate of drug-likeness (QED) is 0.515. The van der Waals surface area contributed by atoms with Gasteiger partial charge < -0.3 is 10.3 Å². The van der Waals surface area contributed by atoms with Crippen LogP contribution >= 0.6 is 23.1 Å². The van der Waals surface area contributed by atoms with Gasteiger partial charge in [-0.3, -0.25) is 9.59 Å². The number of hydrogen-bond acceptors (Lipinski definition) is 6. The molecule has 0 atom stereocenters. The number of rotatable bonds is 5. The van der Waals surface area contributed by atoms with Crippen molar-refractivity contribution in [1.29, 1.82) is 0 Å². The minimum Gasteiger partial charge on any atom is -0.301 e. The number of amides is 1. The van der Waals surface area contributed by atoms with E-state index >= 15 is 0 Å². The van der Waals surface area contributed by atoms with Crippen molar-refractivity contribution in [2.75, 3.05) is 11.1 Å². The highest BCUT2D eigenvalue weighted by atomic mass is 32.2. The second-order valence-corrected chi connectivity index (χ2v) is 7.29. The zero-order valence-electron chi connectivity index (χ0n) is 14.0. The van der Waals surface area contributed by atoms with Crippen LogP contribution in [-0.2, 0) is 4.79 Å². The maximum Gasteiger partial charge on any atom is 0.254 e. The molecule has 3 rings (SSSR count). The molecule has 0 unspecified atom stereocenters. The maximum atomic E-state index is 13.0. The van der Waals surface area contributed by atoms with E-state index in [0.717, 1.165) is 17.3 Å². The number of anilines is 1. The Morgan fingerprint density at radius 3 is 2.69 bits per heavy atom. The van der Waals surface area contributed by atoms with E-state index in [2.05, 4.69) is 20.3 Å². The maximum absolute atomic E-state index is 13.0. The Balaban J connectivity index is 1.60. The van der Waals surface area contributed by atoms with Crippen molar-refractivity contribution in [3.05, 3.63) is 57.1 Å². The van der Waals surface area contributed by atoms with Gasteiger partial charge in [-0.05, 0) is 38.1 Å². The summed E-state index contributed by atoms with van der Waals surface area (Å²) >= 11 is 2.43. The number of aryl methyl sites for hydroxylation is 1. The van der Waals surface area contributed by atoms with Crippen molar-refractivity contribution >= 4 is 34.1 Å². The number of nitrogens with one attached hydrogen (secondary N) is 2. The van der Waals surface area contributed by atoms with Crippen molar-refractivity contribution in [3.8, 4) is 11.3 Å². The smallest absolute Gasteiger partial charge is 0.254 e. The lowest BCUT2D eigenvalue weighted by molar-refractivity contribution is -0.113. The van der Waals surface area contributed by atoms with E-state index in [1.54, 1.807) is 31.4 Å². The number of carbonyl (C=O) groups excluding carboxylic acids is 1. The molecule has 6 nitrogen and oxygen atoms in total. The van der Waals surface area contributed by atoms with Gasteiger partial charge in [-0.15, -0.1) is 11.3 Å². The molecule has 0 aliphatic rings. The molecule has 2 N–H and O–H groups in total. The molecule has 0 radical (unpaired) electrons. The largest absolute Gasteiger partial charge is 0.301 e. The van der Waals surface area contributed by atoms with E-state index in [-0.39, 0.29) is 23.0 Å². The minimum absolute atomic E-state index is 0.0941. The molecule has 0 saturated carbocycles. The summed E-state index contributed by atoms with van der Waals surface area (Å²) < 4.78 is 13.0. The highest BCUT2D eigenvalue weighted by Crippen LogP contribution is 2.25. The van der Waals surface area contributed by atoms with E-state index in [1.165, 1.54) is 23.5 Å². The Hall–Kier alpha value is -2.52. The van der Waals surface area contributed by atoms with Crippen LogP contribution in [0.4, 0.5) is 9.52 Å². The second kappa shape index (κ2) is 7.79. The number of carbonyl (C=O) groups is 1. The number of thioether (sulfide) groups is 1. The Bertz CT molecular complexity index is 999. The summed E-state index contributed by atoms with van der Waals surface area (Å²) in [5, 5.41) is 5.36. The van der Waals surface area contributed by atoms with Gasteiger partial charge in [0.2, 0.25) is 5.91 Å². The fourth-order valence-corrected chi connectivity index (χ4v) is 3.50. The molecule has 2 heterocycles. The first-order chi connectivity index (χ1) is 12.4. The normalized spacial score (nSPS) is 10.7. The highest BCUT2D eigenvalue weighted by Gasteiger charge is 2.10. The average molecular weight is 390 g/mol. The van der Waals surface area contributed by atoms with Crippen LogP contribution < -0.4 is 10.9 Å². The summed E-state index contributed by atoms with van der Waals surface area (Å²) in [6.45, 7) is 3.45. The lowest BCUT2D eigenvalue weighted by Crippen LogP contribution is -2.17. The molecule has 0 bridgehead atoms. The topological polar surface area (TPSA) is 87.7 Å². The number of hydrogen-bond donors (Lipinski definition) is 2. The first-order valence-corrected chi connectivity index (χ1v) is 9.50. The van der Waals surface area contributed by atoms with Crippen LogP contribution in [0.5, 0.6) is 0 Å². The van der Waals surface area contributed by atoms with Crippen molar-refractivity contribution < 1.29 is 9.18 Å². The van der Waals surface area contributed by atoms with Crippen molar-refractivity contribution in [1.82, 2.24) is 15.0 Å². The number of aromatic amines is 1. The fourth-order valence-electron chi connectivity index (χ4n) is 2.06. The molecular weight excluding hydrogens is 375 g/mol. The molecule has 26 heavy (non-hydrogen) atoms. The molecule has 134 valence electrons. The molecule has 3 aromatic rings. The third kappa shape index (κ3) is 4.36. The standard InChI is InChI=1S/C17H15FN4O2S2/c1-9-10(2)19-16(22-15(9)24)26-8-14(23)21-17-20-13(7-25-17)11-3-5-12(18)6-4-11/h3-7H,8H2,1-2H3,(H,19,22,24)(H,20,21,23). The Morgan fingerprint density at radius 1 is 1.27 bits per heavy atom. The number of benzene rings is 1. The van der Waals surface area contributed by atoms with Gasteiger partial charge >= 0.3 is 0 Å². The summed E-state index contributed by atoms with van der Waals surface area (Å²) in [6, 6.07) is 5.99. The molecule has 1 amide bonds. The fraction of sp³-hybridized carbons (Fsp3) is 0.176. The molecular formula is C17H15FN4O2S2. The SMILES string of the molecule is Cc1nc(SCC(=O)Nc2nc(-c3ccc(F)cc3)cs2)[nH]c(=O)c1C. The van der Waals surface area contributed by atoms with Crippen LogP contribution in [0.25, 0.3) is 11.3 Å². The van der Waals surface area contributed by atoms with Crippen LogP contribution in [0.2, 0.25) is 0 Å². The minimum atomic E-state index is -0.312. The van der Waals surface area contributed by atoms with Crippen LogP contribution in [0.1, 0.15) is 11.3 Å². The zero-order chi connectivity index (χ0) is 18.7. The second-order valence-electron chi connectivity index (χ2n) is 5.46. The van der Waals surface area contributed by atoms with E-state index in [1.807, 2.05) is 0 Å².